The van der Waals surface area contributed by atoms with Crippen LogP contribution in [0.25, 0.3) is 0 Å². The predicted octanol–water partition coefficient (Wildman–Crippen LogP) is 3.38. The Labute approximate surface area is 108 Å². The summed E-state index contributed by atoms with van der Waals surface area (Å²) in [5, 5.41) is 0. The molecule has 0 unspecified atom stereocenters. The molecule has 0 spiro atoms. The molecular weight excluding hydrogens is 222 g/mol. The molecule has 2 aromatic rings. The zero-order chi connectivity index (χ0) is 13.0. The van der Waals surface area contributed by atoms with Crippen LogP contribution in [0.5, 0.6) is 5.75 Å². The molecule has 0 aromatic heterocycles. The number of aryl methyl sites for hydroxylation is 2. The summed E-state index contributed by atoms with van der Waals surface area (Å²) in [4.78, 5) is 0. The molecule has 94 valence electrons. The summed E-state index contributed by atoms with van der Waals surface area (Å²) in [5.41, 5.74) is 9.52. The summed E-state index contributed by atoms with van der Waals surface area (Å²) in [6.07, 6.45) is 0. The van der Waals surface area contributed by atoms with Crippen molar-refractivity contribution in [2.24, 2.45) is 5.73 Å². The molecular formula is C16H19NO. The van der Waals surface area contributed by atoms with Crippen molar-refractivity contribution in [3.05, 3.63) is 65.2 Å². The van der Waals surface area contributed by atoms with Gasteiger partial charge in [0.05, 0.1) is 6.04 Å². The Bertz CT molecular complexity index is 488. The maximum absolute atomic E-state index is 6.12. The average molecular weight is 241 g/mol. The van der Waals surface area contributed by atoms with E-state index in [2.05, 4.69) is 26.0 Å². The molecule has 2 aromatic carbocycles. The zero-order valence-corrected chi connectivity index (χ0v) is 10.9. The first-order valence-electron chi connectivity index (χ1n) is 6.18. The fourth-order valence-electron chi connectivity index (χ4n) is 2.00. The molecule has 0 radical (unpaired) electrons. The van der Waals surface area contributed by atoms with Gasteiger partial charge in [-0.15, -0.1) is 0 Å². The minimum atomic E-state index is -0.0924. The van der Waals surface area contributed by atoms with Crippen molar-refractivity contribution in [2.75, 3.05) is 6.61 Å². The van der Waals surface area contributed by atoms with Crippen molar-refractivity contribution in [1.82, 2.24) is 0 Å². The highest BCUT2D eigenvalue weighted by molar-refractivity contribution is 5.39. The van der Waals surface area contributed by atoms with E-state index in [1.54, 1.807) is 0 Å². The molecule has 0 fully saturated rings. The maximum Gasteiger partial charge on any atom is 0.125 e. The number of rotatable bonds is 4. The summed E-state index contributed by atoms with van der Waals surface area (Å²) in [6, 6.07) is 16.1. The van der Waals surface area contributed by atoms with Crippen LogP contribution in [0.4, 0.5) is 0 Å². The van der Waals surface area contributed by atoms with Gasteiger partial charge in [0, 0.05) is 0 Å². The van der Waals surface area contributed by atoms with Gasteiger partial charge in [0.1, 0.15) is 12.4 Å². The lowest BCUT2D eigenvalue weighted by atomic mass is 10.1. The number of hydrogen-bond donors (Lipinski definition) is 1. The lowest BCUT2D eigenvalue weighted by molar-refractivity contribution is 0.287. The second-order valence-corrected chi connectivity index (χ2v) is 4.55. The number of hydrogen-bond acceptors (Lipinski definition) is 2. The smallest absolute Gasteiger partial charge is 0.125 e. The molecule has 0 aliphatic rings. The molecule has 18 heavy (non-hydrogen) atoms. The molecule has 0 saturated heterocycles. The first kappa shape index (κ1) is 12.7. The lowest BCUT2D eigenvalue weighted by Crippen LogP contribution is -2.19. The third-order valence-electron chi connectivity index (χ3n) is 3.04. The Morgan fingerprint density at radius 1 is 0.944 bits per heavy atom. The second kappa shape index (κ2) is 5.69. The van der Waals surface area contributed by atoms with E-state index >= 15 is 0 Å². The van der Waals surface area contributed by atoms with Crippen LogP contribution >= 0.6 is 0 Å². The van der Waals surface area contributed by atoms with Crippen LogP contribution in [0.1, 0.15) is 22.7 Å². The van der Waals surface area contributed by atoms with E-state index in [-0.39, 0.29) is 6.04 Å². The van der Waals surface area contributed by atoms with E-state index < -0.39 is 0 Å². The van der Waals surface area contributed by atoms with E-state index in [1.807, 2.05) is 36.4 Å². The average Bonchev–Trinajstić information content (AvgIpc) is 2.39. The highest BCUT2D eigenvalue weighted by Gasteiger charge is 2.08. The van der Waals surface area contributed by atoms with Crippen LogP contribution in [-0.4, -0.2) is 6.61 Å². The van der Waals surface area contributed by atoms with E-state index in [0.717, 1.165) is 22.4 Å². The van der Waals surface area contributed by atoms with E-state index in [4.69, 9.17) is 10.5 Å². The molecule has 2 nitrogen and oxygen atoms in total. The Kier molecular flexibility index (Phi) is 4.00. The van der Waals surface area contributed by atoms with Crippen molar-refractivity contribution in [1.29, 1.82) is 0 Å². The molecule has 0 bridgehead atoms. The molecule has 1 atom stereocenters. The second-order valence-electron chi connectivity index (χ2n) is 4.55. The Balaban J connectivity index is 2.04. The molecule has 0 amide bonds. The van der Waals surface area contributed by atoms with Gasteiger partial charge in [-0.2, -0.15) is 0 Å². The van der Waals surface area contributed by atoms with Crippen molar-refractivity contribution < 1.29 is 4.74 Å². The van der Waals surface area contributed by atoms with Crippen molar-refractivity contribution in [3.8, 4) is 5.75 Å². The fraction of sp³-hybridized carbons (Fsp3) is 0.250. The molecule has 0 saturated carbocycles. The van der Waals surface area contributed by atoms with Gasteiger partial charge in [-0.25, -0.2) is 0 Å². The molecule has 0 heterocycles. The van der Waals surface area contributed by atoms with Gasteiger partial charge in [-0.3, -0.25) is 0 Å². The summed E-state index contributed by atoms with van der Waals surface area (Å²) < 4.78 is 5.86. The van der Waals surface area contributed by atoms with E-state index in [9.17, 15) is 0 Å². The van der Waals surface area contributed by atoms with Crippen LogP contribution in [0.2, 0.25) is 0 Å². The number of benzene rings is 2. The first-order chi connectivity index (χ1) is 8.68. The van der Waals surface area contributed by atoms with Crippen LogP contribution in [0.3, 0.4) is 0 Å². The maximum atomic E-state index is 6.12. The minimum absolute atomic E-state index is 0.0924. The summed E-state index contributed by atoms with van der Waals surface area (Å²) in [6.45, 7) is 4.60. The molecule has 2 N–H and O–H groups in total. The number of nitrogens with two attached hydrogens (primary N) is 1. The monoisotopic (exact) mass is 241 g/mol. The topological polar surface area (TPSA) is 35.2 Å². The standard InChI is InChI=1S/C16H19NO/c1-12-7-6-8-13(2)16(12)18-11-15(17)14-9-4-3-5-10-14/h3-10,15H,11,17H2,1-2H3/t15-/m1/s1. The normalized spacial score (nSPS) is 12.2. The zero-order valence-electron chi connectivity index (χ0n) is 10.9. The lowest BCUT2D eigenvalue weighted by Gasteiger charge is -2.16. The quantitative estimate of drug-likeness (QED) is 0.890. The van der Waals surface area contributed by atoms with Gasteiger partial charge in [0.25, 0.3) is 0 Å². The number of para-hydroxylation sites is 1. The summed E-state index contributed by atoms with van der Waals surface area (Å²) in [7, 11) is 0. The van der Waals surface area contributed by atoms with Gasteiger partial charge in [0.2, 0.25) is 0 Å². The fourth-order valence-corrected chi connectivity index (χ4v) is 2.00. The van der Waals surface area contributed by atoms with Crippen molar-refractivity contribution >= 4 is 0 Å². The number of ether oxygens (including phenoxy) is 1. The third kappa shape index (κ3) is 2.90. The largest absolute Gasteiger partial charge is 0.491 e. The van der Waals surface area contributed by atoms with Crippen LogP contribution in [-0.2, 0) is 0 Å². The third-order valence-corrected chi connectivity index (χ3v) is 3.04. The van der Waals surface area contributed by atoms with Gasteiger partial charge in [-0.1, -0.05) is 48.5 Å². The van der Waals surface area contributed by atoms with Gasteiger partial charge >= 0.3 is 0 Å². The SMILES string of the molecule is Cc1cccc(C)c1OC[C@@H](N)c1ccccc1. The molecule has 2 heteroatoms. The first-order valence-corrected chi connectivity index (χ1v) is 6.18. The Morgan fingerprint density at radius 3 is 2.17 bits per heavy atom. The van der Waals surface area contributed by atoms with E-state index in [0.29, 0.717) is 6.61 Å². The van der Waals surface area contributed by atoms with Gasteiger partial charge in [0.15, 0.2) is 0 Å². The Morgan fingerprint density at radius 2 is 1.56 bits per heavy atom. The van der Waals surface area contributed by atoms with Crippen molar-refractivity contribution in [2.45, 2.75) is 19.9 Å². The summed E-state index contributed by atoms with van der Waals surface area (Å²) >= 11 is 0. The molecule has 0 aliphatic heterocycles. The van der Waals surface area contributed by atoms with Gasteiger partial charge in [-0.05, 0) is 30.5 Å². The van der Waals surface area contributed by atoms with Crippen molar-refractivity contribution in [3.63, 3.8) is 0 Å². The van der Waals surface area contributed by atoms with Crippen LogP contribution in [0.15, 0.2) is 48.5 Å². The van der Waals surface area contributed by atoms with Crippen LogP contribution < -0.4 is 10.5 Å². The highest BCUT2D eigenvalue weighted by Crippen LogP contribution is 2.23. The predicted molar refractivity (Wildman–Crippen MR) is 74.8 cm³/mol. The molecule has 2 rings (SSSR count). The molecule has 0 aliphatic carbocycles. The highest BCUT2D eigenvalue weighted by atomic mass is 16.5. The van der Waals surface area contributed by atoms with Gasteiger partial charge < -0.3 is 10.5 Å². The minimum Gasteiger partial charge on any atom is -0.491 e. The van der Waals surface area contributed by atoms with E-state index in [1.165, 1.54) is 0 Å². The Hall–Kier alpha value is -1.80. The van der Waals surface area contributed by atoms with Crippen LogP contribution in [0, 0.1) is 13.8 Å². The summed E-state index contributed by atoms with van der Waals surface area (Å²) in [5.74, 6) is 0.948.